The van der Waals surface area contributed by atoms with E-state index >= 15 is 0 Å². The highest BCUT2D eigenvalue weighted by molar-refractivity contribution is 5.11. The van der Waals surface area contributed by atoms with Crippen molar-refractivity contribution in [1.82, 2.24) is 0 Å². The Labute approximate surface area is 108 Å². The Morgan fingerprint density at radius 3 is 0.789 bits per heavy atom. The zero-order chi connectivity index (χ0) is 9.36. The van der Waals surface area contributed by atoms with E-state index in [0.717, 1.165) is 0 Å². The van der Waals surface area contributed by atoms with Crippen LogP contribution in [0.1, 0.15) is 5.56 Å². The van der Waals surface area contributed by atoms with E-state index in [4.69, 9.17) is 0 Å². The molecule has 6 heteroatoms. The third-order valence-electron chi connectivity index (χ3n) is 1.61. The summed E-state index contributed by atoms with van der Waals surface area (Å²) in [4.78, 5) is 0. The van der Waals surface area contributed by atoms with Crippen LogP contribution in [0.15, 0.2) is 66.7 Å². The third kappa shape index (κ3) is 21.8. The van der Waals surface area contributed by atoms with Crippen molar-refractivity contribution >= 4 is 0 Å². The minimum absolute atomic E-state index is 0. The second-order valence-electron chi connectivity index (χ2n) is 2.81. The van der Waals surface area contributed by atoms with Crippen LogP contribution in [-0.4, -0.2) is 0 Å². The second-order valence-corrected chi connectivity index (χ2v) is 2.81. The van der Waals surface area contributed by atoms with Gasteiger partial charge < -0.3 is 0 Å². The number of halogens is 6. The monoisotopic (exact) mass is 290 g/mol. The molecule has 2 aromatic carbocycles. The molecule has 0 unspecified atom stereocenters. The lowest BCUT2D eigenvalue weighted by atomic mass is 10.2. The molecule has 0 radical (unpaired) electrons. The van der Waals surface area contributed by atoms with Gasteiger partial charge in [0, 0.05) is 0 Å². The summed E-state index contributed by atoms with van der Waals surface area (Å²) in [6, 6.07) is 22.3. The summed E-state index contributed by atoms with van der Waals surface area (Å²) < 4.78 is 0. The molecule has 0 nitrogen and oxygen atoms in total. The van der Waals surface area contributed by atoms with Gasteiger partial charge in [0.05, 0.1) is 0 Å². The summed E-state index contributed by atoms with van der Waals surface area (Å²) in [6.45, 7) is 2.08. The Hall–Kier alpha value is -1.98. The van der Waals surface area contributed by atoms with Crippen LogP contribution in [0.5, 0.6) is 0 Å². The number of aryl methyl sites for hydroxylation is 1. The molecule has 2 rings (SSSR count). The quantitative estimate of drug-likeness (QED) is 0.622. The van der Waals surface area contributed by atoms with Gasteiger partial charge in [-0.25, -0.2) is 0 Å². The zero-order valence-corrected chi connectivity index (χ0v) is 10.3. The lowest BCUT2D eigenvalue weighted by Crippen LogP contribution is -1.62. The molecule has 19 heavy (non-hydrogen) atoms. The lowest BCUT2D eigenvalue weighted by molar-refractivity contribution is 1.11. The maximum absolute atomic E-state index is 2.08. The Morgan fingerprint density at radius 1 is 0.421 bits per heavy atom. The number of hydrogen-bond donors (Lipinski definition) is 0. The molecule has 2 aromatic rings. The maximum atomic E-state index is 2.08. The van der Waals surface area contributed by atoms with E-state index in [1.807, 2.05) is 54.6 Å². The fourth-order valence-electron chi connectivity index (χ4n) is 0.919. The molecule has 0 saturated carbocycles. The van der Waals surface area contributed by atoms with Crippen molar-refractivity contribution in [3.8, 4) is 0 Å². The predicted molar refractivity (Wildman–Crippen MR) is 72.6 cm³/mol. The van der Waals surface area contributed by atoms with Crippen LogP contribution < -0.4 is 0 Å². The first-order valence-corrected chi connectivity index (χ1v) is 4.41. The molecule has 0 aromatic heterocycles. The van der Waals surface area contributed by atoms with Gasteiger partial charge in [-0.1, -0.05) is 72.3 Å². The molecule has 0 heterocycles. The van der Waals surface area contributed by atoms with Crippen LogP contribution >= 0.6 is 0 Å². The molecule has 0 saturated heterocycles. The van der Waals surface area contributed by atoms with Crippen molar-refractivity contribution in [2.24, 2.45) is 0 Å². The number of benzene rings is 2. The van der Waals surface area contributed by atoms with Gasteiger partial charge in [0.15, 0.2) is 0 Å². The Morgan fingerprint density at radius 2 is 0.632 bits per heavy atom. The summed E-state index contributed by atoms with van der Waals surface area (Å²) in [5, 5.41) is 0. The van der Waals surface area contributed by atoms with Crippen molar-refractivity contribution in [3.05, 3.63) is 72.3 Å². The van der Waals surface area contributed by atoms with E-state index in [-0.39, 0.29) is 28.2 Å². The summed E-state index contributed by atoms with van der Waals surface area (Å²) in [7, 11) is 0. The normalized spacial score (nSPS) is 5.74. The smallest absolute Gasteiger partial charge is 0.0398 e. The maximum Gasteiger partial charge on any atom is -0.0398 e. The molecule has 0 bridgehead atoms. The van der Waals surface area contributed by atoms with Crippen molar-refractivity contribution < 1.29 is 28.2 Å². The Balaban J connectivity index is -0.0000000340. The largest absolute Gasteiger partial charge is 0.269 e. The van der Waals surface area contributed by atoms with Gasteiger partial charge in [-0.05, 0) is 6.92 Å². The highest BCUT2D eigenvalue weighted by Gasteiger charge is 1.72. The lowest BCUT2D eigenvalue weighted by Gasteiger charge is -1.82. The van der Waals surface area contributed by atoms with Gasteiger partial charge >= 0.3 is 0 Å². The van der Waals surface area contributed by atoms with Gasteiger partial charge in [0.25, 0.3) is 0 Å². The van der Waals surface area contributed by atoms with Gasteiger partial charge in [-0.3, -0.25) is 28.2 Å². The van der Waals surface area contributed by atoms with Crippen LogP contribution in [0.4, 0.5) is 28.2 Å². The molecular weight excluding hydrogens is 270 g/mol. The molecule has 0 fully saturated rings. The molecule has 0 aliphatic rings. The molecule has 0 spiro atoms. The van der Waals surface area contributed by atoms with E-state index in [1.165, 1.54) is 5.56 Å². The summed E-state index contributed by atoms with van der Waals surface area (Å²) in [6.07, 6.45) is 0. The van der Waals surface area contributed by atoms with Crippen molar-refractivity contribution in [2.75, 3.05) is 0 Å². The van der Waals surface area contributed by atoms with Crippen LogP contribution in [0.25, 0.3) is 0 Å². The SMILES string of the molecule is Cc1ccccc1.F.F.F.F.F.F.c1ccccc1. The first-order chi connectivity index (χ1) is 6.39. The van der Waals surface area contributed by atoms with E-state index in [2.05, 4.69) is 19.1 Å². The minimum atomic E-state index is 0. The summed E-state index contributed by atoms with van der Waals surface area (Å²) in [5.74, 6) is 0. The van der Waals surface area contributed by atoms with Gasteiger partial charge in [-0.15, -0.1) is 0 Å². The first kappa shape index (κ1) is 36.0. The van der Waals surface area contributed by atoms with Crippen LogP contribution in [-0.2, 0) is 0 Å². The average Bonchev–Trinajstić information content (AvgIpc) is 2.22. The Kier molecular flexibility index (Phi) is 47.4. The third-order valence-corrected chi connectivity index (χ3v) is 1.61. The number of rotatable bonds is 0. The van der Waals surface area contributed by atoms with E-state index in [9.17, 15) is 0 Å². The summed E-state index contributed by atoms with van der Waals surface area (Å²) in [5.41, 5.74) is 1.32. The first-order valence-electron chi connectivity index (χ1n) is 4.41. The number of hydrogen-bond acceptors (Lipinski definition) is 0. The summed E-state index contributed by atoms with van der Waals surface area (Å²) >= 11 is 0. The second kappa shape index (κ2) is 25.0. The van der Waals surface area contributed by atoms with Crippen molar-refractivity contribution in [3.63, 3.8) is 0 Å². The highest BCUT2D eigenvalue weighted by Crippen LogP contribution is 1.92. The van der Waals surface area contributed by atoms with E-state index in [0.29, 0.717) is 0 Å². The standard InChI is InChI=1S/C7H8.C6H6.6FH/c1-7-5-3-2-4-6-7;1-2-4-6-5-3-1;;;;;;/h2-6H,1H3;1-6H;6*1H. The minimum Gasteiger partial charge on any atom is -0.269 e. The van der Waals surface area contributed by atoms with Gasteiger partial charge in [-0.2, -0.15) is 0 Å². The fraction of sp³-hybridized carbons (Fsp3) is 0.0769. The molecule has 0 aliphatic carbocycles. The molecule has 0 aliphatic heterocycles. The van der Waals surface area contributed by atoms with Gasteiger partial charge in [0.2, 0.25) is 0 Å². The van der Waals surface area contributed by atoms with Crippen LogP contribution in [0.2, 0.25) is 0 Å². The molecule has 114 valence electrons. The van der Waals surface area contributed by atoms with Crippen molar-refractivity contribution in [1.29, 1.82) is 0 Å². The topological polar surface area (TPSA) is 0 Å². The molecular formula is C13H20F6. The van der Waals surface area contributed by atoms with Crippen molar-refractivity contribution in [2.45, 2.75) is 6.92 Å². The average molecular weight is 290 g/mol. The molecule has 0 atom stereocenters. The Bertz CT molecular complexity index is 288. The highest BCUT2D eigenvalue weighted by atomic mass is 19.0. The fourth-order valence-corrected chi connectivity index (χ4v) is 0.919. The zero-order valence-electron chi connectivity index (χ0n) is 10.3. The van der Waals surface area contributed by atoms with E-state index < -0.39 is 0 Å². The molecule has 0 N–H and O–H groups in total. The predicted octanol–water partition coefficient (Wildman–Crippen LogP) is 4.60. The van der Waals surface area contributed by atoms with Crippen LogP contribution in [0.3, 0.4) is 0 Å². The van der Waals surface area contributed by atoms with Crippen LogP contribution in [0, 0.1) is 6.92 Å². The van der Waals surface area contributed by atoms with E-state index in [1.54, 1.807) is 0 Å². The molecule has 0 amide bonds. The van der Waals surface area contributed by atoms with Gasteiger partial charge in [0.1, 0.15) is 0 Å².